The minimum absolute atomic E-state index is 0.0478. The number of ether oxygens (including phenoxy) is 1. The predicted octanol–water partition coefficient (Wildman–Crippen LogP) is 2.07. The van der Waals surface area contributed by atoms with Crippen molar-refractivity contribution in [2.45, 2.75) is 33.0 Å². The van der Waals surface area contributed by atoms with Crippen molar-refractivity contribution in [1.82, 2.24) is 19.7 Å². The Bertz CT molecular complexity index is 1100. The minimum Gasteiger partial charge on any atom is -0.488 e. The summed E-state index contributed by atoms with van der Waals surface area (Å²) in [5.41, 5.74) is 0.576. The SMILES string of the molecule is Cc1c(OOC(=O)c2cnccn2)cc(C(=O)Nc2ccn(C)n2)cc1O[C@H](C)[C@@H](C)O. The van der Waals surface area contributed by atoms with Crippen LogP contribution in [0, 0.1) is 6.92 Å². The summed E-state index contributed by atoms with van der Waals surface area (Å²) in [6.07, 6.45) is 4.33. The van der Waals surface area contributed by atoms with Gasteiger partial charge < -0.3 is 15.2 Å². The number of rotatable bonds is 8. The number of hydrogen-bond acceptors (Lipinski definition) is 9. The fourth-order valence-corrected chi connectivity index (χ4v) is 2.50. The van der Waals surface area contributed by atoms with E-state index < -0.39 is 24.1 Å². The zero-order chi connectivity index (χ0) is 23.3. The number of aliphatic hydroxyl groups is 1. The van der Waals surface area contributed by atoms with Gasteiger partial charge in [-0.3, -0.25) is 19.3 Å². The summed E-state index contributed by atoms with van der Waals surface area (Å²) in [5.74, 6) is -0.639. The second kappa shape index (κ2) is 9.88. The minimum atomic E-state index is -0.861. The molecule has 2 heterocycles. The van der Waals surface area contributed by atoms with E-state index in [2.05, 4.69) is 20.4 Å². The first-order valence-electron chi connectivity index (χ1n) is 9.70. The van der Waals surface area contributed by atoms with Crippen molar-refractivity contribution in [2.24, 2.45) is 7.05 Å². The zero-order valence-electron chi connectivity index (χ0n) is 18.0. The molecule has 0 aliphatic carbocycles. The normalized spacial score (nSPS) is 12.5. The summed E-state index contributed by atoms with van der Waals surface area (Å²) < 4.78 is 7.34. The van der Waals surface area contributed by atoms with E-state index in [0.717, 1.165) is 0 Å². The number of aromatic nitrogens is 4. The maximum atomic E-state index is 12.8. The number of anilines is 1. The van der Waals surface area contributed by atoms with E-state index in [-0.39, 0.29) is 22.8 Å². The molecule has 11 nitrogen and oxygen atoms in total. The summed E-state index contributed by atoms with van der Waals surface area (Å²) >= 11 is 0. The third-order valence-electron chi connectivity index (χ3n) is 4.50. The Morgan fingerprint density at radius 3 is 2.56 bits per heavy atom. The van der Waals surface area contributed by atoms with Gasteiger partial charge in [-0.2, -0.15) is 5.10 Å². The molecular formula is C21H23N5O6. The van der Waals surface area contributed by atoms with Gasteiger partial charge in [0.2, 0.25) is 0 Å². The van der Waals surface area contributed by atoms with Gasteiger partial charge in [0.1, 0.15) is 11.9 Å². The van der Waals surface area contributed by atoms with E-state index in [0.29, 0.717) is 11.4 Å². The molecule has 0 aliphatic heterocycles. The lowest BCUT2D eigenvalue weighted by atomic mass is 10.1. The van der Waals surface area contributed by atoms with Crippen LogP contribution in [0.5, 0.6) is 11.5 Å². The van der Waals surface area contributed by atoms with Crippen LogP contribution in [-0.2, 0) is 11.9 Å². The molecule has 32 heavy (non-hydrogen) atoms. The third-order valence-corrected chi connectivity index (χ3v) is 4.50. The fraction of sp³-hybridized carbons (Fsp3) is 0.286. The second-order valence-electron chi connectivity index (χ2n) is 7.03. The molecule has 0 fully saturated rings. The summed E-state index contributed by atoms with van der Waals surface area (Å²) in [7, 11) is 1.72. The van der Waals surface area contributed by atoms with Gasteiger partial charge >= 0.3 is 5.97 Å². The molecular weight excluding hydrogens is 418 g/mol. The van der Waals surface area contributed by atoms with Crippen molar-refractivity contribution in [1.29, 1.82) is 0 Å². The molecule has 1 amide bonds. The van der Waals surface area contributed by atoms with Crippen LogP contribution < -0.4 is 14.9 Å². The summed E-state index contributed by atoms with van der Waals surface area (Å²) in [6, 6.07) is 4.54. The number of aryl methyl sites for hydroxylation is 1. The van der Waals surface area contributed by atoms with Crippen LogP contribution in [0.2, 0.25) is 0 Å². The molecule has 2 N–H and O–H groups in total. The maximum absolute atomic E-state index is 12.8. The quantitative estimate of drug-likeness (QED) is 0.397. The molecule has 0 radical (unpaired) electrons. The van der Waals surface area contributed by atoms with Gasteiger partial charge in [-0.25, -0.2) is 14.7 Å². The molecule has 0 saturated heterocycles. The van der Waals surface area contributed by atoms with Crippen molar-refractivity contribution in [2.75, 3.05) is 5.32 Å². The first-order chi connectivity index (χ1) is 15.2. The first-order valence-corrected chi connectivity index (χ1v) is 9.70. The maximum Gasteiger partial charge on any atom is 0.405 e. The molecule has 0 aliphatic rings. The van der Waals surface area contributed by atoms with Crippen molar-refractivity contribution < 1.29 is 29.2 Å². The molecule has 3 aromatic rings. The Labute approximate surface area is 183 Å². The van der Waals surface area contributed by atoms with Crippen molar-refractivity contribution in [3.8, 4) is 11.5 Å². The van der Waals surface area contributed by atoms with Crippen LogP contribution in [0.25, 0.3) is 0 Å². The van der Waals surface area contributed by atoms with Gasteiger partial charge in [0.05, 0.1) is 12.3 Å². The van der Waals surface area contributed by atoms with Crippen molar-refractivity contribution >= 4 is 17.7 Å². The van der Waals surface area contributed by atoms with Gasteiger partial charge in [-0.15, -0.1) is 0 Å². The summed E-state index contributed by atoms with van der Waals surface area (Å²) in [6.45, 7) is 4.92. The number of carbonyl (C=O) groups is 2. The molecule has 1 aromatic carbocycles. The van der Waals surface area contributed by atoms with Crippen LogP contribution >= 0.6 is 0 Å². The number of hydrogen-bond donors (Lipinski definition) is 2. The summed E-state index contributed by atoms with van der Waals surface area (Å²) in [5, 5.41) is 16.6. The lowest BCUT2D eigenvalue weighted by Crippen LogP contribution is -2.26. The lowest BCUT2D eigenvalue weighted by molar-refractivity contribution is -0.150. The van der Waals surface area contributed by atoms with Crippen LogP contribution in [0.15, 0.2) is 43.0 Å². The number of nitrogens with zero attached hydrogens (tertiary/aromatic N) is 4. The Balaban J connectivity index is 1.87. The van der Waals surface area contributed by atoms with E-state index >= 15 is 0 Å². The molecule has 0 unspecified atom stereocenters. The lowest BCUT2D eigenvalue weighted by Gasteiger charge is -2.20. The smallest absolute Gasteiger partial charge is 0.405 e. The molecule has 0 bridgehead atoms. The Morgan fingerprint density at radius 1 is 1.19 bits per heavy atom. The van der Waals surface area contributed by atoms with Gasteiger partial charge in [0.25, 0.3) is 5.91 Å². The van der Waals surface area contributed by atoms with Gasteiger partial charge in [0.15, 0.2) is 17.3 Å². The van der Waals surface area contributed by atoms with Crippen molar-refractivity contribution in [3.63, 3.8) is 0 Å². The second-order valence-corrected chi connectivity index (χ2v) is 7.03. The molecule has 2 atom stereocenters. The Morgan fingerprint density at radius 2 is 1.94 bits per heavy atom. The molecule has 11 heteroatoms. The van der Waals surface area contributed by atoms with E-state index in [4.69, 9.17) is 14.5 Å². The largest absolute Gasteiger partial charge is 0.488 e. The molecule has 0 spiro atoms. The first kappa shape index (κ1) is 22.7. The van der Waals surface area contributed by atoms with Crippen LogP contribution in [0.1, 0.15) is 40.3 Å². The number of amides is 1. The molecule has 168 valence electrons. The van der Waals surface area contributed by atoms with E-state index in [1.54, 1.807) is 44.8 Å². The van der Waals surface area contributed by atoms with Gasteiger partial charge in [0, 0.05) is 42.8 Å². The van der Waals surface area contributed by atoms with Gasteiger partial charge in [-0.05, 0) is 32.9 Å². The molecule has 0 saturated carbocycles. The number of aliphatic hydroxyl groups excluding tert-OH is 1. The number of benzene rings is 1. The van der Waals surface area contributed by atoms with E-state index in [9.17, 15) is 14.7 Å². The van der Waals surface area contributed by atoms with Crippen LogP contribution in [-0.4, -0.2) is 48.9 Å². The topological polar surface area (TPSA) is 138 Å². The van der Waals surface area contributed by atoms with Gasteiger partial charge in [-0.1, -0.05) is 0 Å². The highest BCUT2D eigenvalue weighted by atomic mass is 17.2. The third kappa shape index (κ3) is 5.58. The number of nitrogens with one attached hydrogen (secondary N) is 1. The molecule has 2 aromatic heterocycles. The van der Waals surface area contributed by atoms with Crippen molar-refractivity contribution in [3.05, 3.63) is 59.8 Å². The Hall–Kier alpha value is -3.99. The average Bonchev–Trinajstić information content (AvgIpc) is 3.18. The highest BCUT2D eigenvalue weighted by molar-refractivity contribution is 6.04. The van der Waals surface area contributed by atoms with Crippen LogP contribution in [0.3, 0.4) is 0 Å². The van der Waals surface area contributed by atoms with E-state index in [1.807, 2.05) is 0 Å². The Kier molecular flexibility index (Phi) is 7.00. The highest BCUT2D eigenvalue weighted by Crippen LogP contribution is 2.31. The standard InChI is InChI=1S/C21H23N5O6/c1-12-17(30-14(3)13(2)27)9-15(20(28)24-19-5-8-26(4)25-19)10-18(12)31-32-21(29)16-11-22-6-7-23-16/h5-11,13-14,27H,1-4H3,(H,24,25,28)/t13-,14-/m1/s1. The monoisotopic (exact) mass is 441 g/mol. The number of carbonyl (C=O) groups excluding carboxylic acids is 2. The zero-order valence-corrected chi connectivity index (χ0v) is 18.0. The highest BCUT2D eigenvalue weighted by Gasteiger charge is 2.20. The van der Waals surface area contributed by atoms with Crippen LogP contribution in [0.4, 0.5) is 5.82 Å². The summed E-state index contributed by atoms with van der Waals surface area (Å²) in [4.78, 5) is 42.6. The van der Waals surface area contributed by atoms with E-state index in [1.165, 1.54) is 30.7 Å². The predicted molar refractivity (Wildman–Crippen MR) is 112 cm³/mol. The molecule has 3 rings (SSSR count). The average molecular weight is 441 g/mol. The fourth-order valence-electron chi connectivity index (χ4n) is 2.50.